The third kappa shape index (κ3) is 5.86. The molecule has 0 saturated carbocycles. The Labute approximate surface area is 170 Å². The molecule has 1 amide bonds. The average Bonchev–Trinajstić information content (AvgIpc) is 2.77. The summed E-state index contributed by atoms with van der Waals surface area (Å²) in [5, 5.41) is 15.0. The Morgan fingerprint density at radius 3 is 2.59 bits per heavy atom. The first-order valence-corrected chi connectivity index (χ1v) is 9.74. The fourth-order valence-electron chi connectivity index (χ4n) is 3.37. The summed E-state index contributed by atoms with van der Waals surface area (Å²) in [7, 11) is 0. The van der Waals surface area contributed by atoms with Crippen LogP contribution in [0.15, 0.2) is 59.7 Å². The standard InChI is InChI=1S/C21H25N5O3/c1-17(18-6-5-9-20(16-18)26(28)29)22-23-21(27)10-11-24-12-14-25(15-13-24)19-7-3-2-4-8-19/h2-9,16H,10-15H2,1H3,(H,23,27)/p+1/b22-17-. The zero-order valence-electron chi connectivity index (χ0n) is 16.5. The van der Waals surface area contributed by atoms with Gasteiger partial charge in [0.25, 0.3) is 5.69 Å². The molecule has 1 aliphatic rings. The van der Waals surface area contributed by atoms with Crippen molar-refractivity contribution in [2.45, 2.75) is 13.3 Å². The molecule has 3 rings (SSSR count). The van der Waals surface area contributed by atoms with Gasteiger partial charge in [0.1, 0.15) is 0 Å². The maximum absolute atomic E-state index is 12.1. The quantitative estimate of drug-likeness (QED) is 0.418. The number of nitrogens with zero attached hydrogens (tertiary/aromatic N) is 3. The summed E-state index contributed by atoms with van der Waals surface area (Å²) in [6.45, 7) is 6.43. The normalized spacial score (nSPS) is 15.2. The van der Waals surface area contributed by atoms with Crippen molar-refractivity contribution in [3.63, 3.8) is 0 Å². The molecule has 1 fully saturated rings. The number of piperazine rings is 1. The highest BCUT2D eigenvalue weighted by Gasteiger charge is 2.20. The van der Waals surface area contributed by atoms with Gasteiger partial charge in [0.05, 0.1) is 49.8 Å². The largest absolute Gasteiger partial charge is 0.360 e. The molecule has 0 bridgehead atoms. The molecule has 2 aromatic rings. The van der Waals surface area contributed by atoms with Crippen molar-refractivity contribution in [3.05, 3.63) is 70.3 Å². The highest BCUT2D eigenvalue weighted by Crippen LogP contribution is 2.14. The number of nitro groups is 1. The van der Waals surface area contributed by atoms with Crippen LogP contribution in [-0.2, 0) is 4.79 Å². The van der Waals surface area contributed by atoms with E-state index < -0.39 is 4.92 Å². The number of non-ortho nitro benzene ring substituents is 1. The Kier molecular flexibility index (Phi) is 6.91. The maximum Gasteiger partial charge on any atom is 0.270 e. The van der Waals surface area contributed by atoms with Crippen molar-refractivity contribution in [2.75, 3.05) is 37.6 Å². The Bertz CT molecular complexity index is 877. The lowest BCUT2D eigenvalue weighted by molar-refractivity contribution is -0.900. The number of benzene rings is 2. The van der Waals surface area contributed by atoms with Crippen LogP contribution in [0.3, 0.4) is 0 Å². The number of hydrazone groups is 1. The van der Waals surface area contributed by atoms with Crippen LogP contribution in [0, 0.1) is 10.1 Å². The van der Waals surface area contributed by atoms with Crippen LogP contribution in [0.2, 0.25) is 0 Å². The molecule has 0 radical (unpaired) electrons. The van der Waals surface area contributed by atoms with E-state index >= 15 is 0 Å². The molecule has 0 aromatic heterocycles. The monoisotopic (exact) mass is 396 g/mol. The van der Waals surface area contributed by atoms with Gasteiger partial charge >= 0.3 is 0 Å². The second-order valence-corrected chi connectivity index (χ2v) is 7.11. The zero-order valence-corrected chi connectivity index (χ0v) is 16.5. The average molecular weight is 396 g/mol. The van der Waals surface area contributed by atoms with Crippen LogP contribution in [0.4, 0.5) is 11.4 Å². The third-order valence-corrected chi connectivity index (χ3v) is 5.12. The highest BCUT2D eigenvalue weighted by atomic mass is 16.6. The van der Waals surface area contributed by atoms with Gasteiger partial charge in [0, 0.05) is 23.4 Å². The lowest BCUT2D eigenvalue weighted by Gasteiger charge is -2.33. The zero-order chi connectivity index (χ0) is 20.6. The van der Waals surface area contributed by atoms with Gasteiger partial charge in [0.15, 0.2) is 0 Å². The van der Waals surface area contributed by atoms with Gasteiger partial charge in [-0.1, -0.05) is 30.3 Å². The number of anilines is 1. The summed E-state index contributed by atoms with van der Waals surface area (Å²) in [5.41, 5.74) is 4.95. The van der Waals surface area contributed by atoms with Crippen LogP contribution >= 0.6 is 0 Å². The van der Waals surface area contributed by atoms with E-state index in [9.17, 15) is 14.9 Å². The minimum absolute atomic E-state index is 0.00150. The lowest BCUT2D eigenvalue weighted by atomic mass is 10.1. The smallest absolute Gasteiger partial charge is 0.270 e. The van der Waals surface area contributed by atoms with Crippen molar-refractivity contribution in [2.24, 2.45) is 5.10 Å². The fraction of sp³-hybridized carbons (Fsp3) is 0.333. The molecule has 1 aliphatic heterocycles. The summed E-state index contributed by atoms with van der Waals surface area (Å²) < 4.78 is 0. The molecular formula is C21H26N5O3+. The van der Waals surface area contributed by atoms with Gasteiger partial charge in [0.2, 0.25) is 5.91 Å². The second-order valence-electron chi connectivity index (χ2n) is 7.11. The first-order valence-electron chi connectivity index (χ1n) is 9.74. The summed E-state index contributed by atoms with van der Waals surface area (Å²) in [5.74, 6) is -0.146. The van der Waals surface area contributed by atoms with Crippen molar-refractivity contribution in [1.82, 2.24) is 5.43 Å². The molecule has 8 heteroatoms. The molecule has 2 N–H and O–H groups in total. The molecule has 0 spiro atoms. The van der Waals surface area contributed by atoms with Gasteiger partial charge in [-0.2, -0.15) is 5.10 Å². The van der Waals surface area contributed by atoms with E-state index in [1.165, 1.54) is 22.7 Å². The minimum atomic E-state index is -0.449. The fourth-order valence-corrected chi connectivity index (χ4v) is 3.37. The molecule has 29 heavy (non-hydrogen) atoms. The molecule has 0 aliphatic carbocycles. The number of rotatable bonds is 7. The number of carbonyl (C=O) groups is 1. The SMILES string of the molecule is C/C(=N/NC(=O)CC[NH+]1CCN(c2ccccc2)CC1)c1cccc([N+](=O)[O-])c1. The topological polar surface area (TPSA) is 92.3 Å². The van der Waals surface area contributed by atoms with E-state index in [0.717, 1.165) is 32.7 Å². The van der Waals surface area contributed by atoms with E-state index in [0.29, 0.717) is 17.7 Å². The van der Waals surface area contributed by atoms with E-state index in [-0.39, 0.29) is 11.6 Å². The minimum Gasteiger partial charge on any atom is -0.360 e. The Balaban J connectivity index is 1.43. The van der Waals surface area contributed by atoms with E-state index in [1.807, 2.05) is 6.07 Å². The molecular weight excluding hydrogens is 370 g/mol. The van der Waals surface area contributed by atoms with Crippen LogP contribution in [-0.4, -0.2) is 49.3 Å². The van der Waals surface area contributed by atoms with Crippen LogP contribution in [0.25, 0.3) is 0 Å². The van der Waals surface area contributed by atoms with Gasteiger partial charge in [-0.25, -0.2) is 5.43 Å². The molecule has 1 saturated heterocycles. The first kappa shape index (κ1) is 20.5. The predicted molar refractivity (Wildman–Crippen MR) is 112 cm³/mol. The molecule has 0 atom stereocenters. The van der Waals surface area contributed by atoms with Gasteiger partial charge in [-0.3, -0.25) is 14.9 Å². The number of amides is 1. The van der Waals surface area contributed by atoms with Crippen molar-refractivity contribution in [3.8, 4) is 0 Å². The summed E-state index contributed by atoms with van der Waals surface area (Å²) in [4.78, 5) is 26.3. The number of hydrogen-bond acceptors (Lipinski definition) is 5. The van der Waals surface area contributed by atoms with E-state index in [1.54, 1.807) is 19.1 Å². The summed E-state index contributed by atoms with van der Waals surface area (Å²) in [6.07, 6.45) is 0.395. The summed E-state index contributed by atoms with van der Waals surface area (Å²) >= 11 is 0. The Hall–Kier alpha value is -3.26. The second kappa shape index (κ2) is 9.79. The number of nitrogens with one attached hydrogen (secondary N) is 2. The van der Waals surface area contributed by atoms with Crippen molar-refractivity contribution >= 4 is 23.0 Å². The lowest BCUT2D eigenvalue weighted by Crippen LogP contribution is -3.15. The van der Waals surface area contributed by atoms with Crippen LogP contribution in [0.1, 0.15) is 18.9 Å². The number of carbonyl (C=O) groups excluding carboxylic acids is 1. The van der Waals surface area contributed by atoms with Crippen LogP contribution in [0.5, 0.6) is 0 Å². The van der Waals surface area contributed by atoms with E-state index in [2.05, 4.69) is 39.7 Å². The van der Waals surface area contributed by atoms with E-state index in [4.69, 9.17) is 0 Å². The predicted octanol–water partition coefficient (Wildman–Crippen LogP) is 1.23. The molecule has 1 heterocycles. The van der Waals surface area contributed by atoms with Gasteiger partial charge in [-0.15, -0.1) is 0 Å². The van der Waals surface area contributed by atoms with Gasteiger partial charge < -0.3 is 9.80 Å². The number of para-hydroxylation sites is 1. The van der Waals surface area contributed by atoms with Crippen molar-refractivity contribution in [1.29, 1.82) is 0 Å². The Morgan fingerprint density at radius 1 is 1.17 bits per heavy atom. The maximum atomic E-state index is 12.1. The molecule has 152 valence electrons. The van der Waals surface area contributed by atoms with Crippen molar-refractivity contribution < 1.29 is 14.6 Å². The number of nitro benzene ring substituents is 1. The molecule has 2 aromatic carbocycles. The highest BCUT2D eigenvalue weighted by molar-refractivity contribution is 5.99. The first-order chi connectivity index (χ1) is 14.0. The summed E-state index contributed by atoms with van der Waals surface area (Å²) in [6, 6.07) is 16.6. The van der Waals surface area contributed by atoms with Gasteiger partial charge in [-0.05, 0) is 19.1 Å². The number of hydrogen-bond donors (Lipinski definition) is 2. The Morgan fingerprint density at radius 2 is 1.90 bits per heavy atom. The van der Waals surface area contributed by atoms with Crippen LogP contribution < -0.4 is 15.2 Å². The third-order valence-electron chi connectivity index (χ3n) is 5.12. The molecule has 0 unspecified atom stereocenters. The number of quaternary nitrogens is 1. The molecule has 8 nitrogen and oxygen atoms in total.